The Bertz CT molecular complexity index is 720. The Labute approximate surface area is 156 Å². The highest BCUT2D eigenvalue weighted by Crippen LogP contribution is 2.23. The lowest BCUT2D eigenvalue weighted by atomic mass is 10.2. The molecule has 0 radical (unpaired) electrons. The number of hydrogen-bond donors (Lipinski definition) is 2. The van der Waals surface area contributed by atoms with Crippen molar-refractivity contribution in [3.8, 4) is 5.75 Å². The van der Waals surface area contributed by atoms with E-state index in [0.29, 0.717) is 21.8 Å². The molecule has 126 valence electrons. The number of nitrogens with zero attached hydrogens (tertiary/aromatic N) is 1. The van der Waals surface area contributed by atoms with Gasteiger partial charge < -0.3 is 10.1 Å². The fourth-order valence-electron chi connectivity index (χ4n) is 1.81. The van der Waals surface area contributed by atoms with Crippen LogP contribution in [0, 0.1) is 0 Å². The van der Waals surface area contributed by atoms with E-state index >= 15 is 0 Å². The maximum Gasteiger partial charge on any atom is 0.186 e. The van der Waals surface area contributed by atoms with Gasteiger partial charge in [-0.3, -0.25) is 5.43 Å². The standard InChI is InChI=1S/C17H17Cl2N3OS/c1-2-20-17(24)22-21-10-12-3-6-14(7-4-12)23-11-13-5-8-15(18)16(19)9-13/h3-10H,2,11H2,1H3,(H2,20,22,24)/b21-10-. The molecule has 0 bridgehead atoms. The molecule has 24 heavy (non-hydrogen) atoms. The predicted molar refractivity (Wildman–Crippen MR) is 104 cm³/mol. The molecule has 0 saturated heterocycles. The minimum Gasteiger partial charge on any atom is -0.489 e. The van der Waals surface area contributed by atoms with Gasteiger partial charge in [-0.2, -0.15) is 5.10 Å². The summed E-state index contributed by atoms with van der Waals surface area (Å²) in [6, 6.07) is 13.0. The minimum atomic E-state index is 0.419. The van der Waals surface area contributed by atoms with Gasteiger partial charge in [0.15, 0.2) is 5.11 Å². The van der Waals surface area contributed by atoms with Crippen molar-refractivity contribution in [2.75, 3.05) is 6.54 Å². The summed E-state index contributed by atoms with van der Waals surface area (Å²) in [7, 11) is 0. The van der Waals surface area contributed by atoms with E-state index in [2.05, 4.69) is 15.8 Å². The summed E-state index contributed by atoms with van der Waals surface area (Å²) in [5.74, 6) is 0.759. The van der Waals surface area contributed by atoms with Gasteiger partial charge in [-0.15, -0.1) is 0 Å². The molecule has 0 aliphatic heterocycles. The number of halogens is 2. The zero-order chi connectivity index (χ0) is 17.4. The third-order valence-corrected chi connectivity index (χ3v) is 3.96. The van der Waals surface area contributed by atoms with E-state index in [4.69, 9.17) is 40.2 Å². The highest BCUT2D eigenvalue weighted by Gasteiger charge is 2.01. The molecular formula is C17H17Cl2N3OS. The monoisotopic (exact) mass is 381 g/mol. The van der Waals surface area contributed by atoms with Crippen LogP contribution in [0.25, 0.3) is 0 Å². The number of rotatable bonds is 6. The van der Waals surface area contributed by atoms with Crippen molar-refractivity contribution in [1.29, 1.82) is 0 Å². The molecule has 0 atom stereocenters. The smallest absolute Gasteiger partial charge is 0.186 e. The highest BCUT2D eigenvalue weighted by atomic mass is 35.5. The number of benzene rings is 2. The Morgan fingerprint density at radius 1 is 1.17 bits per heavy atom. The van der Waals surface area contributed by atoms with E-state index in [9.17, 15) is 0 Å². The van der Waals surface area contributed by atoms with Crippen molar-refractivity contribution in [2.24, 2.45) is 5.10 Å². The molecule has 0 amide bonds. The summed E-state index contributed by atoms with van der Waals surface area (Å²) < 4.78 is 5.72. The van der Waals surface area contributed by atoms with Gasteiger partial charge >= 0.3 is 0 Å². The second-order valence-electron chi connectivity index (χ2n) is 4.84. The van der Waals surface area contributed by atoms with Gasteiger partial charge in [0.05, 0.1) is 16.3 Å². The quantitative estimate of drug-likeness (QED) is 0.442. The second-order valence-corrected chi connectivity index (χ2v) is 6.06. The summed E-state index contributed by atoms with van der Waals surface area (Å²) in [4.78, 5) is 0. The van der Waals surface area contributed by atoms with Crippen LogP contribution in [-0.4, -0.2) is 17.9 Å². The Balaban J connectivity index is 1.86. The first-order valence-corrected chi connectivity index (χ1v) is 8.48. The number of hydrazone groups is 1. The molecule has 0 spiro atoms. The van der Waals surface area contributed by atoms with Crippen molar-refractivity contribution in [1.82, 2.24) is 10.7 Å². The zero-order valence-corrected chi connectivity index (χ0v) is 15.4. The van der Waals surface area contributed by atoms with Crippen LogP contribution in [-0.2, 0) is 6.61 Å². The molecule has 0 saturated carbocycles. The summed E-state index contributed by atoms with van der Waals surface area (Å²) >= 11 is 16.9. The number of thiocarbonyl (C=S) groups is 1. The van der Waals surface area contributed by atoms with Crippen molar-refractivity contribution in [3.05, 3.63) is 63.6 Å². The SMILES string of the molecule is CCNC(=S)N/N=C\c1ccc(OCc2ccc(Cl)c(Cl)c2)cc1. The Kier molecular flexibility index (Phi) is 7.31. The van der Waals surface area contributed by atoms with Crippen molar-refractivity contribution in [3.63, 3.8) is 0 Å². The van der Waals surface area contributed by atoms with Crippen molar-refractivity contribution < 1.29 is 4.74 Å². The molecule has 0 aliphatic carbocycles. The van der Waals surface area contributed by atoms with Crippen LogP contribution < -0.4 is 15.5 Å². The molecule has 0 aliphatic rings. The van der Waals surface area contributed by atoms with Gasteiger partial charge in [0.2, 0.25) is 0 Å². The van der Waals surface area contributed by atoms with E-state index in [-0.39, 0.29) is 0 Å². The molecule has 0 unspecified atom stereocenters. The first kappa shape index (κ1) is 18.5. The third kappa shape index (κ3) is 6.00. The summed E-state index contributed by atoms with van der Waals surface area (Å²) in [6.07, 6.45) is 1.69. The van der Waals surface area contributed by atoms with Crippen LogP contribution in [0.3, 0.4) is 0 Å². The molecule has 2 aromatic rings. The molecule has 4 nitrogen and oxygen atoms in total. The minimum absolute atomic E-state index is 0.419. The predicted octanol–water partition coefficient (Wildman–Crippen LogP) is 4.39. The fourth-order valence-corrected chi connectivity index (χ4v) is 2.33. The van der Waals surface area contributed by atoms with E-state index in [1.165, 1.54) is 0 Å². The lowest BCUT2D eigenvalue weighted by molar-refractivity contribution is 0.306. The number of nitrogens with one attached hydrogen (secondary N) is 2. The van der Waals surface area contributed by atoms with Crippen LogP contribution in [0.4, 0.5) is 0 Å². The Morgan fingerprint density at radius 2 is 1.92 bits per heavy atom. The molecule has 2 N–H and O–H groups in total. The molecule has 0 aromatic heterocycles. The molecular weight excluding hydrogens is 365 g/mol. The van der Waals surface area contributed by atoms with Gasteiger partial charge in [-0.1, -0.05) is 29.3 Å². The lowest BCUT2D eigenvalue weighted by Crippen LogP contribution is -2.31. The number of ether oxygens (including phenoxy) is 1. The van der Waals surface area contributed by atoms with Crippen LogP contribution in [0.2, 0.25) is 10.0 Å². The maximum absolute atomic E-state index is 5.99. The number of hydrogen-bond acceptors (Lipinski definition) is 3. The normalized spacial score (nSPS) is 10.6. The largest absolute Gasteiger partial charge is 0.489 e. The van der Waals surface area contributed by atoms with Gasteiger partial charge in [0.25, 0.3) is 0 Å². The first-order chi connectivity index (χ1) is 11.6. The summed E-state index contributed by atoms with van der Waals surface area (Å²) in [5, 5.41) is 8.55. The zero-order valence-electron chi connectivity index (χ0n) is 13.1. The average Bonchev–Trinajstić information content (AvgIpc) is 2.57. The molecule has 7 heteroatoms. The van der Waals surface area contributed by atoms with Gasteiger partial charge in [-0.25, -0.2) is 0 Å². The molecule has 0 heterocycles. The first-order valence-electron chi connectivity index (χ1n) is 7.32. The average molecular weight is 382 g/mol. The van der Waals surface area contributed by atoms with Crippen molar-refractivity contribution >= 4 is 46.7 Å². The van der Waals surface area contributed by atoms with E-state index in [1.54, 1.807) is 18.3 Å². The molecule has 2 aromatic carbocycles. The third-order valence-electron chi connectivity index (χ3n) is 2.99. The summed E-state index contributed by atoms with van der Waals surface area (Å²) in [5.41, 5.74) is 4.63. The van der Waals surface area contributed by atoms with Gasteiger partial charge in [-0.05, 0) is 66.7 Å². The maximum atomic E-state index is 5.99. The molecule has 2 rings (SSSR count). The van der Waals surface area contributed by atoms with Crippen molar-refractivity contribution in [2.45, 2.75) is 13.5 Å². The van der Waals surface area contributed by atoms with Crippen LogP contribution in [0.1, 0.15) is 18.1 Å². The highest BCUT2D eigenvalue weighted by molar-refractivity contribution is 7.80. The lowest BCUT2D eigenvalue weighted by Gasteiger charge is -2.07. The summed E-state index contributed by atoms with van der Waals surface area (Å²) in [6.45, 7) is 3.14. The van der Waals surface area contributed by atoms with Crippen LogP contribution in [0.5, 0.6) is 5.75 Å². The van der Waals surface area contributed by atoms with Crippen LogP contribution in [0.15, 0.2) is 47.6 Å². The van der Waals surface area contributed by atoms with E-state index < -0.39 is 0 Å². The van der Waals surface area contributed by atoms with Gasteiger partial charge in [0, 0.05) is 6.54 Å². The Morgan fingerprint density at radius 3 is 2.58 bits per heavy atom. The van der Waals surface area contributed by atoms with Crippen LogP contribution >= 0.6 is 35.4 Å². The fraction of sp³-hybridized carbons (Fsp3) is 0.176. The van der Waals surface area contributed by atoms with E-state index in [0.717, 1.165) is 23.4 Å². The Hall–Kier alpha value is -1.82. The second kappa shape index (κ2) is 9.47. The van der Waals surface area contributed by atoms with Gasteiger partial charge in [0.1, 0.15) is 12.4 Å². The molecule has 0 fully saturated rings. The van der Waals surface area contributed by atoms with E-state index in [1.807, 2.05) is 37.3 Å². The topological polar surface area (TPSA) is 45.7 Å².